The SMILES string of the molecule is C=CCc1cccc(/C=N/c2ccccc2)c1O. The molecule has 2 rings (SSSR count). The predicted octanol–water partition coefficient (Wildman–Crippen LogP) is 3.87. The number of rotatable bonds is 4. The van der Waals surface area contributed by atoms with Gasteiger partial charge in [-0.3, -0.25) is 4.99 Å². The first-order valence-corrected chi connectivity index (χ1v) is 5.82. The minimum Gasteiger partial charge on any atom is -0.507 e. The lowest BCUT2D eigenvalue weighted by Crippen LogP contribution is -1.88. The van der Waals surface area contributed by atoms with Crippen LogP contribution in [0, 0.1) is 0 Å². The molecule has 1 N–H and O–H groups in total. The maximum absolute atomic E-state index is 10.1. The Morgan fingerprint density at radius 2 is 1.83 bits per heavy atom. The first kappa shape index (κ1) is 12.1. The zero-order valence-corrected chi connectivity index (χ0v) is 10.1. The molecule has 0 heterocycles. The second-order valence-corrected chi connectivity index (χ2v) is 3.94. The highest BCUT2D eigenvalue weighted by molar-refractivity contribution is 5.85. The van der Waals surface area contributed by atoms with E-state index in [-0.39, 0.29) is 5.75 Å². The van der Waals surface area contributed by atoms with E-state index in [0.717, 1.165) is 16.8 Å². The van der Waals surface area contributed by atoms with Crippen LogP contribution >= 0.6 is 0 Å². The molecule has 0 fully saturated rings. The molecule has 2 aromatic carbocycles. The Morgan fingerprint density at radius 3 is 2.56 bits per heavy atom. The van der Waals surface area contributed by atoms with E-state index in [1.165, 1.54) is 0 Å². The third kappa shape index (κ3) is 2.86. The summed E-state index contributed by atoms with van der Waals surface area (Å²) >= 11 is 0. The van der Waals surface area contributed by atoms with E-state index in [4.69, 9.17) is 0 Å². The van der Waals surface area contributed by atoms with Crippen LogP contribution in [0.15, 0.2) is 66.2 Å². The van der Waals surface area contributed by atoms with Crippen molar-refractivity contribution in [1.29, 1.82) is 0 Å². The molecule has 0 saturated heterocycles. The van der Waals surface area contributed by atoms with Crippen molar-refractivity contribution in [1.82, 2.24) is 0 Å². The number of allylic oxidation sites excluding steroid dienone is 1. The van der Waals surface area contributed by atoms with E-state index in [2.05, 4.69) is 11.6 Å². The van der Waals surface area contributed by atoms with Gasteiger partial charge in [0, 0.05) is 11.8 Å². The Balaban J connectivity index is 2.27. The predicted molar refractivity (Wildman–Crippen MR) is 75.7 cm³/mol. The molecule has 0 radical (unpaired) electrons. The Morgan fingerprint density at radius 1 is 1.06 bits per heavy atom. The number of nitrogens with zero attached hydrogens (tertiary/aromatic N) is 1. The number of aromatic hydroxyl groups is 1. The fourth-order valence-electron chi connectivity index (χ4n) is 1.69. The van der Waals surface area contributed by atoms with Crippen molar-refractivity contribution in [3.05, 3.63) is 72.3 Å². The summed E-state index contributed by atoms with van der Waals surface area (Å²) in [6, 6.07) is 15.3. The molecule has 18 heavy (non-hydrogen) atoms. The summed E-state index contributed by atoms with van der Waals surface area (Å²) in [5.41, 5.74) is 2.45. The molecule has 2 aromatic rings. The minimum absolute atomic E-state index is 0.275. The number of hydrogen-bond acceptors (Lipinski definition) is 2. The molecule has 2 heteroatoms. The smallest absolute Gasteiger partial charge is 0.127 e. The summed E-state index contributed by atoms with van der Waals surface area (Å²) in [5, 5.41) is 10.1. The van der Waals surface area contributed by atoms with Gasteiger partial charge in [-0.25, -0.2) is 0 Å². The zero-order valence-electron chi connectivity index (χ0n) is 10.1. The van der Waals surface area contributed by atoms with Crippen molar-refractivity contribution >= 4 is 11.9 Å². The number of hydrogen-bond donors (Lipinski definition) is 1. The highest BCUT2D eigenvalue weighted by atomic mass is 16.3. The second kappa shape index (κ2) is 5.82. The van der Waals surface area contributed by atoms with Gasteiger partial charge in [0.2, 0.25) is 0 Å². The fraction of sp³-hybridized carbons (Fsp3) is 0.0625. The fourth-order valence-corrected chi connectivity index (χ4v) is 1.69. The standard InChI is InChI=1S/C16H15NO/c1-2-7-13-8-6-9-14(16(13)18)12-17-15-10-4-3-5-11-15/h2-6,8-12,18H,1,7H2/b17-12+. The Bertz CT molecular complexity index is 559. The molecular formula is C16H15NO. The zero-order chi connectivity index (χ0) is 12.8. The third-order valence-corrected chi connectivity index (χ3v) is 2.62. The number of phenols is 1. The van der Waals surface area contributed by atoms with Gasteiger partial charge in [-0.1, -0.05) is 36.4 Å². The van der Waals surface area contributed by atoms with Crippen LogP contribution in [-0.2, 0) is 6.42 Å². The van der Waals surface area contributed by atoms with Crippen LogP contribution in [0.1, 0.15) is 11.1 Å². The van der Waals surface area contributed by atoms with E-state index < -0.39 is 0 Å². The van der Waals surface area contributed by atoms with Crippen LogP contribution in [0.25, 0.3) is 0 Å². The first-order chi connectivity index (χ1) is 8.81. The number of para-hydroxylation sites is 2. The van der Waals surface area contributed by atoms with Crippen LogP contribution < -0.4 is 0 Å². The van der Waals surface area contributed by atoms with Gasteiger partial charge in [0.1, 0.15) is 5.75 Å². The van der Waals surface area contributed by atoms with Crippen LogP contribution in [0.4, 0.5) is 5.69 Å². The lowest BCUT2D eigenvalue weighted by atomic mass is 10.1. The van der Waals surface area contributed by atoms with Gasteiger partial charge in [-0.2, -0.15) is 0 Å². The molecule has 0 aliphatic heterocycles. The summed E-state index contributed by atoms with van der Waals surface area (Å²) in [4.78, 5) is 4.33. The van der Waals surface area contributed by atoms with Gasteiger partial charge in [0.25, 0.3) is 0 Å². The van der Waals surface area contributed by atoms with E-state index >= 15 is 0 Å². The summed E-state index contributed by atoms with van der Waals surface area (Å²) < 4.78 is 0. The van der Waals surface area contributed by atoms with Crippen molar-refractivity contribution in [2.24, 2.45) is 4.99 Å². The highest BCUT2D eigenvalue weighted by Crippen LogP contribution is 2.22. The van der Waals surface area contributed by atoms with Crippen molar-refractivity contribution in [2.75, 3.05) is 0 Å². The molecule has 0 unspecified atom stereocenters. The molecular weight excluding hydrogens is 222 g/mol. The van der Waals surface area contributed by atoms with Crippen LogP contribution in [0.3, 0.4) is 0 Å². The molecule has 0 aromatic heterocycles. The van der Waals surface area contributed by atoms with E-state index in [1.807, 2.05) is 48.5 Å². The highest BCUT2D eigenvalue weighted by Gasteiger charge is 2.03. The molecule has 0 saturated carbocycles. The second-order valence-electron chi connectivity index (χ2n) is 3.94. The van der Waals surface area contributed by atoms with Crippen molar-refractivity contribution in [3.63, 3.8) is 0 Å². The summed E-state index contributed by atoms with van der Waals surface area (Å²) in [6.07, 6.45) is 4.10. The van der Waals surface area contributed by atoms with Crippen LogP contribution in [0.5, 0.6) is 5.75 Å². The Kier molecular flexibility index (Phi) is 3.92. The quantitative estimate of drug-likeness (QED) is 0.635. The lowest BCUT2D eigenvalue weighted by molar-refractivity contribution is 0.469. The van der Waals surface area contributed by atoms with Crippen LogP contribution in [0.2, 0.25) is 0 Å². The largest absolute Gasteiger partial charge is 0.507 e. The lowest BCUT2D eigenvalue weighted by Gasteiger charge is -2.04. The number of benzene rings is 2. The molecule has 0 aliphatic rings. The average Bonchev–Trinajstić information content (AvgIpc) is 2.41. The molecule has 0 spiro atoms. The maximum atomic E-state index is 10.1. The Labute approximate surface area is 107 Å². The number of phenolic OH excluding ortho intramolecular Hbond substituents is 1. The topological polar surface area (TPSA) is 32.6 Å². The molecule has 0 amide bonds. The van der Waals surface area contributed by atoms with E-state index in [0.29, 0.717) is 6.42 Å². The van der Waals surface area contributed by atoms with E-state index in [1.54, 1.807) is 12.3 Å². The van der Waals surface area contributed by atoms with Gasteiger partial charge < -0.3 is 5.11 Å². The van der Waals surface area contributed by atoms with Crippen molar-refractivity contribution < 1.29 is 5.11 Å². The molecule has 0 atom stereocenters. The maximum Gasteiger partial charge on any atom is 0.127 e. The van der Waals surface area contributed by atoms with Crippen molar-refractivity contribution in [2.45, 2.75) is 6.42 Å². The van der Waals surface area contributed by atoms with Gasteiger partial charge in [0.05, 0.1) is 5.69 Å². The van der Waals surface area contributed by atoms with Gasteiger partial charge in [-0.05, 0) is 30.2 Å². The van der Waals surface area contributed by atoms with Gasteiger partial charge >= 0.3 is 0 Å². The summed E-state index contributed by atoms with van der Waals surface area (Å²) in [7, 11) is 0. The van der Waals surface area contributed by atoms with Crippen molar-refractivity contribution in [3.8, 4) is 5.75 Å². The molecule has 90 valence electrons. The summed E-state index contributed by atoms with van der Waals surface area (Å²) in [5.74, 6) is 0.275. The first-order valence-electron chi connectivity index (χ1n) is 5.82. The summed E-state index contributed by atoms with van der Waals surface area (Å²) in [6.45, 7) is 3.68. The van der Waals surface area contributed by atoms with Gasteiger partial charge in [-0.15, -0.1) is 6.58 Å². The third-order valence-electron chi connectivity index (χ3n) is 2.62. The normalized spacial score (nSPS) is 10.7. The molecule has 2 nitrogen and oxygen atoms in total. The number of aliphatic imine (C=N–C) groups is 1. The molecule has 0 aliphatic carbocycles. The van der Waals surface area contributed by atoms with Gasteiger partial charge in [0.15, 0.2) is 0 Å². The average molecular weight is 237 g/mol. The molecule has 0 bridgehead atoms. The Hall–Kier alpha value is -2.35. The minimum atomic E-state index is 0.275. The van der Waals surface area contributed by atoms with Crippen LogP contribution in [-0.4, -0.2) is 11.3 Å². The monoisotopic (exact) mass is 237 g/mol. The van der Waals surface area contributed by atoms with E-state index in [9.17, 15) is 5.11 Å².